The van der Waals surface area contributed by atoms with Gasteiger partial charge < -0.3 is 4.74 Å². The average molecular weight is 306 g/mol. The maximum Gasteiger partial charge on any atom is 0.270 e. The van der Waals surface area contributed by atoms with Gasteiger partial charge >= 0.3 is 0 Å². The Kier molecular flexibility index (Phi) is 4.55. The van der Waals surface area contributed by atoms with Crippen molar-refractivity contribution >= 4 is 23.1 Å². The van der Waals surface area contributed by atoms with Crippen LogP contribution in [-0.4, -0.2) is 10.7 Å². The molecular formula is C15H12ClNO4. The second kappa shape index (κ2) is 6.37. The van der Waals surface area contributed by atoms with Crippen LogP contribution >= 0.6 is 11.6 Å². The molecule has 0 aliphatic rings. The van der Waals surface area contributed by atoms with E-state index in [4.69, 9.17) is 16.3 Å². The Hall–Kier alpha value is -2.40. The van der Waals surface area contributed by atoms with Crippen molar-refractivity contribution in [2.24, 2.45) is 0 Å². The number of halogens is 1. The van der Waals surface area contributed by atoms with Crippen molar-refractivity contribution in [3.05, 3.63) is 68.7 Å². The number of carbonyl (C=O) groups is 1. The normalized spacial score (nSPS) is 10.2. The van der Waals surface area contributed by atoms with E-state index in [1.165, 1.54) is 25.1 Å². The molecule has 108 valence electrons. The molecule has 0 aromatic heterocycles. The van der Waals surface area contributed by atoms with Gasteiger partial charge in [0.1, 0.15) is 12.4 Å². The number of non-ortho nitro benzene ring substituents is 1. The summed E-state index contributed by atoms with van der Waals surface area (Å²) in [4.78, 5) is 21.6. The first-order valence-corrected chi connectivity index (χ1v) is 6.52. The minimum absolute atomic E-state index is 0.0760. The number of nitro groups is 1. The highest BCUT2D eigenvalue weighted by molar-refractivity contribution is 6.31. The van der Waals surface area contributed by atoms with E-state index >= 15 is 0 Å². The molecule has 2 aromatic carbocycles. The van der Waals surface area contributed by atoms with Crippen LogP contribution in [0.3, 0.4) is 0 Å². The minimum Gasteiger partial charge on any atom is -0.488 e. The summed E-state index contributed by atoms with van der Waals surface area (Å²) in [5, 5.41) is 10.9. The van der Waals surface area contributed by atoms with Crippen molar-refractivity contribution in [3.8, 4) is 5.75 Å². The second-order valence-electron chi connectivity index (χ2n) is 4.37. The van der Waals surface area contributed by atoms with Gasteiger partial charge in [0, 0.05) is 17.7 Å². The van der Waals surface area contributed by atoms with E-state index in [1.54, 1.807) is 24.3 Å². The van der Waals surface area contributed by atoms with E-state index < -0.39 is 4.92 Å². The Labute approximate surface area is 126 Å². The molecule has 21 heavy (non-hydrogen) atoms. The number of ketones is 1. The van der Waals surface area contributed by atoms with E-state index in [2.05, 4.69) is 0 Å². The first-order chi connectivity index (χ1) is 9.99. The van der Waals surface area contributed by atoms with Crippen LogP contribution in [0.4, 0.5) is 5.69 Å². The fraction of sp³-hybridized carbons (Fsp3) is 0.133. The third kappa shape index (κ3) is 3.58. The maximum atomic E-state index is 11.5. The highest BCUT2D eigenvalue weighted by Gasteiger charge is 2.11. The maximum absolute atomic E-state index is 11.5. The van der Waals surface area contributed by atoms with E-state index in [1.807, 2.05) is 0 Å². The highest BCUT2D eigenvalue weighted by atomic mass is 35.5. The van der Waals surface area contributed by atoms with E-state index in [0.717, 1.165) is 0 Å². The Morgan fingerprint density at radius 1 is 1.29 bits per heavy atom. The molecule has 0 saturated carbocycles. The molecule has 0 atom stereocenters. The Morgan fingerprint density at radius 3 is 2.62 bits per heavy atom. The topological polar surface area (TPSA) is 69.4 Å². The Bertz CT molecular complexity index is 700. The quantitative estimate of drug-likeness (QED) is 0.475. The van der Waals surface area contributed by atoms with Crippen molar-refractivity contribution in [3.63, 3.8) is 0 Å². The lowest BCUT2D eigenvalue weighted by molar-refractivity contribution is -0.384. The molecule has 0 spiro atoms. The van der Waals surface area contributed by atoms with Crippen LogP contribution in [0.5, 0.6) is 5.75 Å². The largest absolute Gasteiger partial charge is 0.488 e. The standard InChI is InChI=1S/C15H12ClNO4/c1-10(18)13-4-2-3-5-15(13)21-9-11-6-7-12(17(19)20)8-14(11)16/h2-8H,9H2,1H3. The van der Waals surface area contributed by atoms with E-state index in [0.29, 0.717) is 16.9 Å². The average Bonchev–Trinajstić information content (AvgIpc) is 2.46. The summed E-state index contributed by atoms with van der Waals surface area (Å²) in [5.74, 6) is 0.361. The molecule has 0 N–H and O–H groups in total. The molecule has 0 radical (unpaired) electrons. The van der Waals surface area contributed by atoms with Gasteiger partial charge in [-0.15, -0.1) is 0 Å². The first-order valence-electron chi connectivity index (χ1n) is 6.14. The molecule has 0 saturated heterocycles. The lowest BCUT2D eigenvalue weighted by Crippen LogP contribution is -2.02. The molecule has 0 aliphatic carbocycles. The van der Waals surface area contributed by atoms with Gasteiger partial charge in [-0.2, -0.15) is 0 Å². The molecule has 0 bridgehead atoms. The Balaban J connectivity index is 2.17. The smallest absolute Gasteiger partial charge is 0.270 e. The summed E-state index contributed by atoms with van der Waals surface area (Å²) < 4.78 is 5.59. The number of hydrogen-bond donors (Lipinski definition) is 0. The predicted molar refractivity (Wildman–Crippen MR) is 78.9 cm³/mol. The summed E-state index contributed by atoms with van der Waals surface area (Å²) in [6, 6.07) is 11.1. The highest BCUT2D eigenvalue weighted by Crippen LogP contribution is 2.25. The molecule has 6 heteroatoms. The number of hydrogen-bond acceptors (Lipinski definition) is 4. The van der Waals surface area contributed by atoms with Crippen LogP contribution in [0, 0.1) is 10.1 Å². The zero-order chi connectivity index (χ0) is 15.4. The number of ether oxygens (including phenoxy) is 1. The summed E-state index contributed by atoms with van der Waals surface area (Å²) in [6.07, 6.45) is 0. The predicted octanol–water partition coefficient (Wildman–Crippen LogP) is 4.03. The molecule has 0 unspecified atom stereocenters. The molecule has 2 aromatic rings. The van der Waals surface area contributed by atoms with Crippen molar-refractivity contribution in [1.29, 1.82) is 0 Å². The van der Waals surface area contributed by atoms with Crippen molar-refractivity contribution < 1.29 is 14.5 Å². The third-order valence-electron chi connectivity index (χ3n) is 2.90. The number of carbonyl (C=O) groups excluding carboxylic acids is 1. The van der Waals surface area contributed by atoms with Crippen LogP contribution in [0.25, 0.3) is 0 Å². The van der Waals surface area contributed by atoms with Gasteiger partial charge in [0.15, 0.2) is 5.78 Å². The number of nitrogens with zero attached hydrogens (tertiary/aromatic N) is 1. The number of para-hydroxylation sites is 1. The Morgan fingerprint density at radius 2 is 2.00 bits per heavy atom. The molecule has 0 aliphatic heterocycles. The van der Waals surface area contributed by atoms with Gasteiger partial charge in [0.25, 0.3) is 5.69 Å². The molecule has 0 amide bonds. The second-order valence-corrected chi connectivity index (χ2v) is 4.78. The molecule has 5 nitrogen and oxygen atoms in total. The van der Waals surface area contributed by atoms with Crippen molar-refractivity contribution in [2.45, 2.75) is 13.5 Å². The third-order valence-corrected chi connectivity index (χ3v) is 3.25. The zero-order valence-electron chi connectivity index (χ0n) is 11.2. The van der Waals surface area contributed by atoms with E-state index in [-0.39, 0.29) is 23.1 Å². The van der Waals surface area contributed by atoms with Gasteiger partial charge in [0.05, 0.1) is 15.5 Å². The van der Waals surface area contributed by atoms with Crippen LogP contribution in [-0.2, 0) is 6.61 Å². The summed E-state index contributed by atoms with van der Waals surface area (Å²) >= 11 is 5.99. The molecule has 2 rings (SSSR count). The van der Waals surface area contributed by atoms with Gasteiger partial charge in [0.2, 0.25) is 0 Å². The fourth-order valence-electron chi connectivity index (χ4n) is 1.81. The molecule has 0 fully saturated rings. The van der Waals surface area contributed by atoms with Gasteiger partial charge in [-0.05, 0) is 25.1 Å². The monoisotopic (exact) mass is 305 g/mol. The zero-order valence-corrected chi connectivity index (χ0v) is 12.0. The fourth-order valence-corrected chi connectivity index (χ4v) is 2.04. The van der Waals surface area contributed by atoms with Gasteiger partial charge in [-0.25, -0.2) is 0 Å². The molecular weight excluding hydrogens is 294 g/mol. The molecule has 0 heterocycles. The number of nitro benzene ring substituents is 1. The van der Waals surface area contributed by atoms with Crippen LogP contribution < -0.4 is 4.74 Å². The van der Waals surface area contributed by atoms with Gasteiger partial charge in [-0.1, -0.05) is 23.7 Å². The summed E-state index contributed by atoms with van der Waals surface area (Å²) in [5.41, 5.74) is 1.02. The summed E-state index contributed by atoms with van der Waals surface area (Å²) in [6.45, 7) is 1.59. The lowest BCUT2D eigenvalue weighted by Gasteiger charge is -2.10. The van der Waals surface area contributed by atoms with Crippen LogP contribution in [0.15, 0.2) is 42.5 Å². The van der Waals surface area contributed by atoms with Crippen LogP contribution in [0.2, 0.25) is 5.02 Å². The summed E-state index contributed by atoms with van der Waals surface area (Å²) in [7, 11) is 0. The number of benzene rings is 2. The van der Waals surface area contributed by atoms with Crippen molar-refractivity contribution in [2.75, 3.05) is 0 Å². The van der Waals surface area contributed by atoms with Crippen molar-refractivity contribution in [1.82, 2.24) is 0 Å². The van der Waals surface area contributed by atoms with Crippen LogP contribution in [0.1, 0.15) is 22.8 Å². The first kappa shape index (κ1) is 15.0. The van der Waals surface area contributed by atoms with Gasteiger partial charge in [-0.3, -0.25) is 14.9 Å². The number of Topliss-reactive ketones (excluding diaryl/α,β-unsaturated/α-hetero) is 1. The lowest BCUT2D eigenvalue weighted by atomic mass is 10.1. The number of rotatable bonds is 5. The minimum atomic E-state index is -0.512. The SMILES string of the molecule is CC(=O)c1ccccc1OCc1ccc([N+](=O)[O-])cc1Cl. The van der Waals surface area contributed by atoms with E-state index in [9.17, 15) is 14.9 Å².